The SMILES string of the molecule is O=c1[nH]c(-c2ccco2)nc2c1CN(Cc1cc3ccccn3n1)CC2. The molecule has 7 heteroatoms. The van der Waals surface area contributed by atoms with E-state index in [1.807, 2.05) is 28.9 Å². The number of fused-ring (bicyclic) bond motifs is 2. The minimum Gasteiger partial charge on any atom is -0.461 e. The first-order valence-corrected chi connectivity index (χ1v) is 8.58. The summed E-state index contributed by atoms with van der Waals surface area (Å²) in [4.78, 5) is 22.2. The Morgan fingerprint density at radius 1 is 1.23 bits per heavy atom. The number of furan rings is 1. The maximum absolute atomic E-state index is 12.5. The van der Waals surface area contributed by atoms with Crippen LogP contribution in [0.25, 0.3) is 17.1 Å². The molecule has 1 aliphatic heterocycles. The van der Waals surface area contributed by atoms with E-state index in [-0.39, 0.29) is 5.56 Å². The Morgan fingerprint density at radius 3 is 3.04 bits per heavy atom. The van der Waals surface area contributed by atoms with Crippen LogP contribution in [0.2, 0.25) is 0 Å². The van der Waals surface area contributed by atoms with Crippen molar-refractivity contribution >= 4 is 5.52 Å². The summed E-state index contributed by atoms with van der Waals surface area (Å²) in [5.74, 6) is 1.07. The average Bonchev–Trinajstić information content (AvgIpc) is 3.31. The van der Waals surface area contributed by atoms with E-state index in [2.05, 4.69) is 26.0 Å². The Morgan fingerprint density at radius 2 is 2.19 bits per heavy atom. The highest BCUT2D eigenvalue weighted by Crippen LogP contribution is 2.20. The molecule has 0 fully saturated rings. The number of hydrogen-bond acceptors (Lipinski definition) is 5. The van der Waals surface area contributed by atoms with Crippen molar-refractivity contribution in [3.05, 3.63) is 76.2 Å². The van der Waals surface area contributed by atoms with Gasteiger partial charge in [0.2, 0.25) is 0 Å². The van der Waals surface area contributed by atoms with Crippen molar-refractivity contribution in [1.82, 2.24) is 24.5 Å². The predicted molar refractivity (Wildman–Crippen MR) is 95.6 cm³/mol. The Bertz CT molecular complexity index is 1090. The van der Waals surface area contributed by atoms with Gasteiger partial charge in [-0.05, 0) is 30.3 Å². The number of hydrogen-bond donors (Lipinski definition) is 1. The highest BCUT2D eigenvalue weighted by molar-refractivity contribution is 5.48. The molecule has 0 aliphatic carbocycles. The molecule has 0 amide bonds. The standard InChI is InChI=1S/C19H17N5O2/c25-19-15-12-23(11-13-10-14-4-1-2-7-24(14)22-13)8-6-16(15)20-18(21-19)17-5-3-9-26-17/h1-5,7,9-10H,6,8,11-12H2,(H,20,21,25). The van der Waals surface area contributed by atoms with Crippen LogP contribution in [0.15, 0.2) is 58.1 Å². The molecule has 0 radical (unpaired) electrons. The highest BCUT2D eigenvalue weighted by Gasteiger charge is 2.22. The molecule has 1 N–H and O–H groups in total. The summed E-state index contributed by atoms with van der Waals surface area (Å²) >= 11 is 0. The van der Waals surface area contributed by atoms with Crippen LogP contribution in [-0.2, 0) is 19.5 Å². The molecule has 4 aromatic rings. The average molecular weight is 347 g/mol. The Balaban J connectivity index is 1.40. The smallest absolute Gasteiger partial charge is 0.256 e. The second-order valence-corrected chi connectivity index (χ2v) is 6.48. The van der Waals surface area contributed by atoms with Gasteiger partial charge < -0.3 is 9.40 Å². The molecule has 0 saturated carbocycles. The van der Waals surface area contributed by atoms with Crippen LogP contribution >= 0.6 is 0 Å². The maximum atomic E-state index is 12.5. The Hall–Kier alpha value is -3.19. The molecule has 0 atom stereocenters. The summed E-state index contributed by atoms with van der Waals surface area (Å²) in [5.41, 5.74) is 3.56. The lowest BCUT2D eigenvalue weighted by Gasteiger charge is -2.26. The molecule has 0 spiro atoms. The van der Waals surface area contributed by atoms with Gasteiger partial charge in [0.25, 0.3) is 5.56 Å². The van der Waals surface area contributed by atoms with Gasteiger partial charge in [-0.25, -0.2) is 9.50 Å². The lowest BCUT2D eigenvalue weighted by Crippen LogP contribution is -2.35. The summed E-state index contributed by atoms with van der Waals surface area (Å²) in [5, 5.41) is 4.59. The van der Waals surface area contributed by atoms with E-state index < -0.39 is 0 Å². The minimum absolute atomic E-state index is 0.0962. The van der Waals surface area contributed by atoms with Crippen molar-refractivity contribution in [2.75, 3.05) is 6.54 Å². The fourth-order valence-electron chi connectivity index (χ4n) is 3.44. The van der Waals surface area contributed by atoms with E-state index in [1.54, 1.807) is 18.4 Å². The van der Waals surface area contributed by atoms with Gasteiger partial charge in [-0.1, -0.05) is 6.07 Å². The number of pyridine rings is 1. The topological polar surface area (TPSA) is 79.4 Å². The van der Waals surface area contributed by atoms with E-state index >= 15 is 0 Å². The molecule has 0 unspecified atom stereocenters. The number of rotatable bonds is 3. The number of nitrogens with one attached hydrogen (secondary N) is 1. The van der Waals surface area contributed by atoms with Crippen molar-refractivity contribution in [3.8, 4) is 11.6 Å². The first kappa shape index (κ1) is 15.1. The van der Waals surface area contributed by atoms with Gasteiger partial charge in [0.05, 0.1) is 28.7 Å². The van der Waals surface area contributed by atoms with Crippen LogP contribution in [-0.4, -0.2) is 31.0 Å². The molecule has 130 valence electrons. The third-order valence-electron chi connectivity index (χ3n) is 4.71. The van der Waals surface area contributed by atoms with Crippen LogP contribution < -0.4 is 5.56 Å². The summed E-state index contributed by atoms with van der Waals surface area (Å²) in [6.07, 6.45) is 4.25. The summed E-state index contributed by atoms with van der Waals surface area (Å²) in [6.45, 7) is 2.12. The third-order valence-corrected chi connectivity index (χ3v) is 4.71. The van der Waals surface area contributed by atoms with Crippen molar-refractivity contribution in [1.29, 1.82) is 0 Å². The zero-order valence-corrected chi connectivity index (χ0v) is 14.1. The van der Waals surface area contributed by atoms with Crippen LogP contribution in [0.3, 0.4) is 0 Å². The lowest BCUT2D eigenvalue weighted by atomic mass is 10.1. The number of aromatic amines is 1. The van der Waals surface area contributed by atoms with Gasteiger partial charge in [-0.15, -0.1) is 0 Å². The number of nitrogens with zero attached hydrogens (tertiary/aromatic N) is 4. The van der Waals surface area contributed by atoms with Gasteiger partial charge in [0.15, 0.2) is 11.6 Å². The molecule has 0 saturated heterocycles. The normalized spacial score (nSPS) is 14.6. The fourth-order valence-corrected chi connectivity index (χ4v) is 3.44. The van der Waals surface area contributed by atoms with Crippen LogP contribution in [0.5, 0.6) is 0 Å². The molecule has 4 aromatic heterocycles. The van der Waals surface area contributed by atoms with E-state index in [9.17, 15) is 4.79 Å². The summed E-state index contributed by atoms with van der Waals surface area (Å²) in [6, 6.07) is 11.7. The molecule has 1 aliphatic rings. The molecule has 7 nitrogen and oxygen atoms in total. The quantitative estimate of drug-likeness (QED) is 0.615. The largest absolute Gasteiger partial charge is 0.461 e. The highest BCUT2D eigenvalue weighted by atomic mass is 16.3. The first-order valence-electron chi connectivity index (χ1n) is 8.58. The second-order valence-electron chi connectivity index (χ2n) is 6.48. The molecule has 5 heterocycles. The van der Waals surface area contributed by atoms with Gasteiger partial charge in [-0.3, -0.25) is 9.69 Å². The van der Waals surface area contributed by atoms with Crippen molar-refractivity contribution < 1.29 is 4.42 Å². The van der Waals surface area contributed by atoms with Gasteiger partial charge in [0, 0.05) is 32.3 Å². The molecule has 0 bridgehead atoms. The number of H-pyrrole nitrogens is 1. The maximum Gasteiger partial charge on any atom is 0.256 e. The van der Waals surface area contributed by atoms with Gasteiger partial charge >= 0.3 is 0 Å². The van der Waals surface area contributed by atoms with Crippen molar-refractivity contribution in [2.45, 2.75) is 19.5 Å². The monoisotopic (exact) mass is 347 g/mol. The minimum atomic E-state index is -0.0962. The molecular weight excluding hydrogens is 330 g/mol. The van der Waals surface area contributed by atoms with E-state index in [1.165, 1.54) is 0 Å². The third kappa shape index (κ3) is 2.62. The number of aromatic nitrogens is 4. The van der Waals surface area contributed by atoms with E-state index in [4.69, 9.17) is 4.42 Å². The zero-order valence-electron chi connectivity index (χ0n) is 14.1. The van der Waals surface area contributed by atoms with Crippen LogP contribution in [0.4, 0.5) is 0 Å². The molecular formula is C19H17N5O2. The van der Waals surface area contributed by atoms with E-state index in [0.29, 0.717) is 24.7 Å². The summed E-state index contributed by atoms with van der Waals surface area (Å²) in [7, 11) is 0. The molecule has 5 rings (SSSR count). The van der Waals surface area contributed by atoms with Crippen LogP contribution in [0, 0.1) is 0 Å². The Labute approximate surface area is 148 Å². The summed E-state index contributed by atoms with van der Waals surface area (Å²) < 4.78 is 7.21. The van der Waals surface area contributed by atoms with Crippen molar-refractivity contribution in [3.63, 3.8) is 0 Å². The fraction of sp³-hybridized carbons (Fsp3) is 0.211. The van der Waals surface area contributed by atoms with Gasteiger partial charge in [0.1, 0.15) is 0 Å². The van der Waals surface area contributed by atoms with Crippen LogP contribution in [0.1, 0.15) is 17.0 Å². The molecule has 26 heavy (non-hydrogen) atoms. The zero-order chi connectivity index (χ0) is 17.5. The van der Waals surface area contributed by atoms with E-state index in [0.717, 1.165) is 35.4 Å². The molecule has 0 aromatic carbocycles. The first-order chi connectivity index (χ1) is 12.8. The van der Waals surface area contributed by atoms with Gasteiger partial charge in [-0.2, -0.15) is 5.10 Å². The second kappa shape index (κ2) is 5.96. The lowest BCUT2D eigenvalue weighted by molar-refractivity contribution is 0.238. The Kier molecular flexibility index (Phi) is 3.46. The predicted octanol–water partition coefficient (Wildman–Crippen LogP) is 2.24. The van der Waals surface area contributed by atoms with Crippen molar-refractivity contribution in [2.24, 2.45) is 0 Å².